The summed E-state index contributed by atoms with van der Waals surface area (Å²) in [6.45, 7) is 35.3. The maximum Gasteiger partial charge on any atom is 0.192 e. The monoisotopic (exact) mass is 658 g/mol. The molecule has 13 heteroatoms. The highest BCUT2D eigenvalue weighted by molar-refractivity contribution is 7.94. The first-order chi connectivity index (χ1) is 18.3. The van der Waals surface area contributed by atoms with Crippen LogP contribution < -0.4 is 0 Å². The molecule has 1 rings (SSSR count). The van der Waals surface area contributed by atoms with Crippen molar-refractivity contribution < 1.29 is 42.5 Å². The van der Waals surface area contributed by atoms with Crippen LogP contribution in [0.4, 0.5) is 0 Å². The second-order valence-corrected chi connectivity index (χ2v) is 30.9. The second kappa shape index (κ2) is 14.8. The van der Waals surface area contributed by atoms with Gasteiger partial charge in [0.05, 0.1) is 30.7 Å². The minimum Gasteiger partial charge on any atom is -0.409 e. The Balaban J connectivity index is 3.83. The molecule has 1 aliphatic rings. The molecule has 1 fully saturated rings. The van der Waals surface area contributed by atoms with Crippen LogP contribution in [0.5, 0.6) is 0 Å². The van der Waals surface area contributed by atoms with E-state index in [-0.39, 0.29) is 21.7 Å². The van der Waals surface area contributed by atoms with E-state index < -0.39 is 61.8 Å². The van der Waals surface area contributed by atoms with Crippen LogP contribution in [-0.4, -0.2) is 84.5 Å². The van der Waals surface area contributed by atoms with Crippen LogP contribution in [0.15, 0.2) is 0 Å². The average Bonchev–Trinajstić information content (AvgIpc) is 2.78. The second-order valence-electron chi connectivity index (χ2n) is 15.9. The van der Waals surface area contributed by atoms with Crippen LogP contribution in [0.2, 0.25) is 54.4 Å². The molecule has 1 aliphatic heterocycles. The van der Waals surface area contributed by atoms with Crippen molar-refractivity contribution in [2.45, 2.75) is 167 Å². The summed E-state index contributed by atoms with van der Waals surface area (Å²) in [5.41, 5.74) is 0. The lowest BCUT2D eigenvalue weighted by Crippen LogP contribution is -2.68. The normalized spacial score (nSPS) is 26.3. The molecule has 9 nitrogen and oxygen atoms in total. The van der Waals surface area contributed by atoms with Crippen molar-refractivity contribution in [3.8, 4) is 0 Å². The lowest BCUT2D eigenvalue weighted by molar-refractivity contribution is -0.432. The fourth-order valence-corrected chi connectivity index (χ4v) is 7.94. The Morgan fingerprint density at radius 1 is 0.732 bits per heavy atom. The Morgan fingerprint density at radius 3 is 1.54 bits per heavy atom. The molecule has 0 aromatic heterocycles. The fraction of sp³-hybridized carbons (Fsp3) is 1.00. The third-order valence-electron chi connectivity index (χ3n) is 9.54. The largest absolute Gasteiger partial charge is 0.409 e. The predicted molar refractivity (Wildman–Crippen MR) is 174 cm³/mol. The smallest absolute Gasteiger partial charge is 0.192 e. The Hall–Kier alpha value is 0.641. The zero-order valence-corrected chi connectivity index (χ0v) is 32.6. The minimum absolute atomic E-state index is 0.0642. The number of ether oxygens (including phenoxy) is 2. The van der Waals surface area contributed by atoms with Crippen molar-refractivity contribution in [2.75, 3.05) is 12.4 Å². The third-order valence-corrected chi connectivity index (χ3v) is 23.6. The van der Waals surface area contributed by atoms with Gasteiger partial charge in [-0.1, -0.05) is 74.3 Å². The van der Waals surface area contributed by atoms with Gasteiger partial charge in [-0.25, -0.2) is 5.26 Å². The van der Waals surface area contributed by atoms with Gasteiger partial charge < -0.3 is 27.9 Å². The molecule has 246 valence electrons. The lowest BCUT2D eigenvalue weighted by atomic mass is 10.00. The fourth-order valence-electron chi connectivity index (χ4n) is 3.54. The lowest BCUT2D eigenvalue weighted by Gasteiger charge is -2.54. The quantitative estimate of drug-likeness (QED) is 0.0633. The van der Waals surface area contributed by atoms with Gasteiger partial charge in [0, 0.05) is 12.0 Å². The van der Waals surface area contributed by atoms with Crippen LogP contribution in [0.1, 0.15) is 75.7 Å². The first-order valence-electron chi connectivity index (χ1n) is 14.9. The Kier molecular flexibility index (Phi) is 14.3. The van der Waals surface area contributed by atoms with Crippen molar-refractivity contribution in [3.63, 3.8) is 0 Å². The van der Waals surface area contributed by atoms with Crippen LogP contribution >= 0.6 is 12.0 Å². The number of rotatable bonds is 14. The molecule has 1 saturated heterocycles. The molecular formula is C28H62O9SSi3. The van der Waals surface area contributed by atoms with Gasteiger partial charge in [-0.05, 0) is 60.8 Å². The Bertz CT molecular complexity index is 794. The van der Waals surface area contributed by atoms with E-state index in [2.05, 4.69) is 107 Å². The molecule has 0 aromatic rings. The van der Waals surface area contributed by atoms with Crippen LogP contribution in [0, 0.1) is 0 Å². The van der Waals surface area contributed by atoms with E-state index in [0.717, 1.165) is 12.0 Å². The summed E-state index contributed by atoms with van der Waals surface area (Å²) in [6, 6.07) is 0. The molecule has 0 aromatic carbocycles. The van der Waals surface area contributed by atoms with Crippen molar-refractivity contribution >= 4 is 37.0 Å². The predicted octanol–water partition coefficient (Wildman–Crippen LogP) is 7.74. The highest BCUT2D eigenvalue weighted by atomic mass is 32.2. The highest BCUT2D eigenvalue weighted by Gasteiger charge is 2.56. The van der Waals surface area contributed by atoms with Gasteiger partial charge in [-0.15, -0.1) is 4.33 Å². The Morgan fingerprint density at radius 2 is 1.15 bits per heavy atom. The molecule has 0 amide bonds. The molecular weight excluding hydrogens is 597 g/mol. The van der Waals surface area contributed by atoms with Crippen molar-refractivity contribution in [3.05, 3.63) is 0 Å². The molecule has 2 N–H and O–H groups in total. The van der Waals surface area contributed by atoms with Gasteiger partial charge in [0.1, 0.15) is 12.2 Å². The minimum atomic E-state index is -2.36. The first kappa shape index (κ1) is 39.7. The SMILES string of the molecule is CCC(O)COC1OC(CSOOO)C(O[Si](C)(C)C(C)(C)C)C(O[Si](C)(C)C(C)(C)C)C1O[Si](C)(C)C(C)(C)C. The van der Waals surface area contributed by atoms with Gasteiger partial charge >= 0.3 is 0 Å². The molecule has 1 heterocycles. The maximum atomic E-state index is 10.4. The standard InChI is InChI=1S/C28H62O9SSi3/c1-17-20(29)18-31-25-24(35-41(15,16)28(8,9)10)23(34-40(13,14)27(5,6)7)22(21(32-25)19-38-37-36-30)33-39(11,12)26(2,3)4/h20-25,29-30H,17-19H2,1-16H3. The molecule has 41 heavy (non-hydrogen) atoms. The van der Waals surface area contributed by atoms with Gasteiger partial charge in [0.15, 0.2) is 31.2 Å². The molecule has 6 atom stereocenters. The molecule has 0 radical (unpaired) electrons. The van der Waals surface area contributed by atoms with Crippen molar-refractivity contribution in [1.82, 2.24) is 0 Å². The third kappa shape index (κ3) is 10.9. The summed E-state index contributed by atoms with van der Waals surface area (Å²) in [6.07, 6.45) is -2.99. The first-order valence-corrected chi connectivity index (χ1v) is 24.5. The Labute approximate surface area is 258 Å². The molecule has 0 bridgehead atoms. The average molecular weight is 659 g/mol. The van der Waals surface area contributed by atoms with E-state index in [1.165, 1.54) is 0 Å². The summed E-state index contributed by atoms with van der Waals surface area (Å²) in [5.74, 6) is 0.292. The van der Waals surface area contributed by atoms with Crippen molar-refractivity contribution in [1.29, 1.82) is 0 Å². The van der Waals surface area contributed by atoms with Crippen LogP contribution in [0.3, 0.4) is 0 Å². The number of aliphatic hydroxyl groups is 1. The van der Waals surface area contributed by atoms with Gasteiger partial charge in [0.25, 0.3) is 0 Å². The van der Waals surface area contributed by atoms with Gasteiger partial charge in [0.2, 0.25) is 0 Å². The summed E-state index contributed by atoms with van der Waals surface area (Å²) < 4.78 is 39.3. The molecule has 0 saturated carbocycles. The topological polar surface area (TPSA) is 105 Å². The summed E-state index contributed by atoms with van der Waals surface area (Å²) >= 11 is 0.929. The van der Waals surface area contributed by atoms with Gasteiger partial charge in [-0.3, -0.25) is 0 Å². The van der Waals surface area contributed by atoms with E-state index in [0.29, 0.717) is 12.2 Å². The van der Waals surface area contributed by atoms with Crippen molar-refractivity contribution in [2.24, 2.45) is 0 Å². The van der Waals surface area contributed by atoms with E-state index in [1.54, 1.807) is 0 Å². The summed E-state index contributed by atoms with van der Waals surface area (Å²) in [5, 5.41) is 22.9. The van der Waals surface area contributed by atoms with E-state index in [1.807, 2.05) is 6.92 Å². The van der Waals surface area contributed by atoms with E-state index in [4.69, 9.17) is 32.3 Å². The number of aliphatic hydroxyl groups excluding tert-OH is 1. The zero-order valence-electron chi connectivity index (χ0n) is 28.7. The van der Waals surface area contributed by atoms with E-state index >= 15 is 0 Å². The number of hydrogen-bond donors (Lipinski definition) is 2. The molecule has 6 unspecified atom stereocenters. The summed E-state index contributed by atoms with van der Waals surface area (Å²) in [4.78, 5) is 0. The van der Waals surface area contributed by atoms with Crippen LogP contribution in [-0.2, 0) is 32.1 Å². The molecule has 0 spiro atoms. The molecule has 0 aliphatic carbocycles. The van der Waals surface area contributed by atoms with Gasteiger partial charge in [-0.2, -0.15) is 0 Å². The zero-order chi connectivity index (χ0) is 32.2. The van der Waals surface area contributed by atoms with E-state index in [9.17, 15) is 5.11 Å². The number of hydrogen-bond acceptors (Lipinski definition) is 10. The maximum absolute atomic E-state index is 10.4. The van der Waals surface area contributed by atoms with Crippen LogP contribution in [0.25, 0.3) is 0 Å². The summed E-state index contributed by atoms with van der Waals surface area (Å²) in [7, 11) is -7.05. The highest BCUT2D eigenvalue weighted by Crippen LogP contribution is 2.46.